The smallest absolute Gasteiger partial charge is 0.263 e. The SMILES string of the molecule is FC(F)(F)c1cccc(N2CCC(N=Cc3ccccc3)=N2)c1. The van der Waals surface area contributed by atoms with E-state index >= 15 is 0 Å². The molecule has 2 aromatic carbocycles. The van der Waals surface area contributed by atoms with Crippen LogP contribution in [0.25, 0.3) is 0 Å². The Kier molecular flexibility index (Phi) is 4.14. The fraction of sp³-hybridized carbons (Fsp3) is 0.176. The number of anilines is 1. The van der Waals surface area contributed by atoms with Gasteiger partial charge in [0.15, 0.2) is 5.84 Å². The second-order valence-electron chi connectivity index (χ2n) is 5.11. The number of rotatable bonds is 2. The van der Waals surface area contributed by atoms with E-state index in [1.54, 1.807) is 17.3 Å². The van der Waals surface area contributed by atoms with Gasteiger partial charge in [-0.3, -0.25) is 5.01 Å². The summed E-state index contributed by atoms with van der Waals surface area (Å²) in [6.07, 6.45) is -2.05. The Balaban J connectivity index is 1.76. The van der Waals surface area contributed by atoms with Gasteiger partial charge in [-0.05, 0) is 23.8 Å². The van der Waals surface area contributed by atoms with Gasteiger partial charge in [0.05, 0.1) is 11.3 Å². The number of aliphatic imine (C=N–C) groups is 1. The van der Waals surface area contributed by atoms with Gasteiger partial charge in [-0.15, -0.1) is 0 Å². The number of hydrogen-bond donors (Lipinski definition) is 0. The van der Waals surface area contributed by atoms with Gasteiger partial charge in [0.2, 0.25) is 0 Å². The van der Waals surface area contributed by atoms with Crippen molar-refractivity contribution in [2.45, 2.75) is 12.6 Å². The third-order valence-electron chi connectivity index (χ3n) is 3.42. The summed E-state index contributed by atoms with van der Waals surface area (Å²) in [6.45, 7) is 0.517. The molecular weight excluding hydrogens is 303 g/mol. The van der Waals surface area contributed by atoms with Crippen LogP contribution >= 0.6 is 0 Å². The summed E-state index contributed by atoms with van der Waals surface area (Å²) < 4.78 is 38.3. The maximum absolute atomic E-state index is 12.8. The van der Waals surface area contributed by atoms with Crippen LogP contribution in [0.3, 0.4) is 0 Å². The first-order valence-corrected chi connectivity index (χ1v) is 7.14. The third kappa shape index (κ3) is 3.77. The van der Waals surface area contributed by atoms with Crippen LogP contribution in [0, 0.1) is 0 Å². The molecule has 0 N–H and O–H groups in total. The topological polar surface area (TPSA) is 28.0 Å². The molecule has 6 heteroatoms. The Labute approximate surface area is 131 Å². The molecular formula is C17H14F3N3. The lowest BCUT2D eigenvalue weighted by molar-refractivity contribution is -0.137. The number of hydrazone groups is 1. The van der Waals surface area contributed by atoms with E-state index in [-0.39, 0.29) is 0 Å². The number of hydrogen-bond acceptors (Lipinski definition) is 3. The van der Waals surface area contributed by atoms with Gasteiger partial charge in [-0.2, -0.15) is 18.3 Å². The molecule has 0 saturated carbocycles. The van der Waals surface area contributed by atoms with Crippen LogP contribution in [0.15, 0.2) is 64.7 Å². The Morgan fingerprint density at radius 1 is 1.04 bits per heavy atom. The molecule has 3 nitrogen and oxygen atoms in total. The summed E-state index contributed by atoms with van der Waals surface area (Å²) >= 11 is 0. The number of benzene rings is 2. The van der Waals surface area contributed by atoms with E-state index in [1.165, 1.54) is 6.07 Å². The van der Waals surface area contributed by atoms with Crippen LogP contribution in [0.4, 0.5) is 18.9 Å². The molecule has 23 heavy (non-hydrogen) atoms. The van der Waals surface area contributed by atoms with Crippen molar-refractivity contribution in [2.75, 3.05) is 11.6 Å². The zero-order valence-corrected chi connectivity index (χ0v) is 12.2. The minimum atomic E-state index is -4.35. The minimum absolute atomic E-state index is 0.421. The summed E-state index contributed by atoms with van der Waals surface area (Å²) in [5.41, 5.74) is 0.698. The number of nitrogens with zero attached hydrogens (tertiary/aromatic N) is 3. The van der Waals surface area contributed by atoms with Crippen LogP contribution in [-0.2, 0) is 6.18 Å². The Morgan fingerprint density at radius 2 is 1.83 bits per heavy atom. The van der Waals surface area contributed by atoms with E-state index in [0.29, 0.717) is 24.5 Å². The zero-order valence-electron chi connectivity index (χ0n) is 12.2. The van der Waals surface area contributed by atoms with Crippen LogP contribution in [0.5, 0.6) is 0 Å². The Hall–Kier alpha value is -2.63. The fourth-order valence-corrected chi connectivity index (χ4v) is 2.25. The van der Waals surface area contributed by atoms with Crippen molar-refractivity contribution in [1.82, 2.24) is 0 Å². The number of halogens is 3. The van der Waals surface area contributed by atoms with Crippen LogP contribution in [0.2, 0.25) is 0 Å². The first-order chi connectivity index (χ1) is 11.0. The molecule has 1 aliphatic rings. The van der Waals surface area contributed by atoms with Crippen LogP contribution in [0.1, 0.15) is 17.5 Å². The minimum Gasteiger partial charge on any atom is -0.263 e. The van der Waals surface area contributed by atoms with Gasteiger partial charge in [-0.25, -0.2) is 4.99 Å². The second kappa shape index (κ2) is 6.24. The van der Waals surface area contributed by atoms with E-state index in [0.717, 1.165) is 17.7 Å². The highest BCUT2D eigenvalue weighted by Gasteiger charge is 2.31. The molecule has 2 aromatic rings. The van der Waals surface area contributed by atoms with Gasteiger partial charge in [0.1, 0.15) is 0 Å². The molecule has 1 aliphatic heterocycles. The van der Waals surface area contributed by atoms with Crippen molar-refractivity contribution in [2.24, 2.45) is 10.1 Å². The van der Waals surface area contributed by atoms with Gasteiger partial charge >= 0.3 is 6.18 Å². The zero-order chi connectivity index (χ0) is 16.3. The second-order valence-corrected chi connectivity index (χ2v) is 5.11. The van der Waals surface area contributed by atoms with Crippen molar-refractivity contribution in [3.05, 3.63) is 65.7 Å². The summed E-state index contributed by atoms with van der Waals surface area (Å²) in [7, 11) is 0. The maximum Gasteiger partial charge on any atom is 0.416 e. The van der Waals surface area contributed by atoms with Crippen molar-refractivity contribution in [3.63, 3.8) is 0 Å². The van der Waals surface area contributed by atoms with Crippen molar-refractivity contribution >= 4 is 17.7 Å². The summed E-state index contributed by atoms with van der Waals surface area (Å²) in [5.74, 6) is 0.603. The molecule has 0 aliphatic carbocycles. The van der Waals surface area contributed by atoms with Gasteiger partial charge in [0.25, 0.3) is 0 Å². The van der Waals surface area contributed by atoms with E-state index in [1.807, 2.05) is 30.3 Å². The molecule has 0 unspecified atom stereocenters. The van der Waals surface area contributed by atoms with Crippen molar-refractivity contribution in [3.8, 4) is 0 Å². The number of amidine groups is 1. The molecule has 0 atom stereocenters. The van der Waals surface area contributed by atoms with E-state index in [2.05, 4.69) is 10.1 Å². The lowest BCUT2D eigenvalue weighted by atomic mass is 10.2. The molecule has 118 valence electrons. The number of alkyl halides is 3. The molecule has 3 rings (SSSR count). The standard InChI is InChI=1S/C17H14F3N3/c18-17(19,20)14-7-4-8-15(11-14)23-10-9-16(22-23)21-12-13-5-2-1-3-6-13/h1-8,11-12H,9-10H2. The van der Waals surface area contributed by atoms with E-state index in [4.69, 9.17) is 0 Å². The average molecular weight is 317 g/mol. The van der Waals surface area contributed by atoms with Crippen LogP contribution < -0.4 is 5.01 Å². The predicted molar refractivity (Wildman–Crippen MR) is 84.9 cm³/mol. The summed E-state index contributed by atoms with van der Waals surface area (Å²) in [5, 5.41) is 5.83. The highest BCUT2D eigenvalue weighted by atomic mass is 19.4. The third-order valence-corrected chi connectivity index (χ3v) is 3.42. The molecule has 0 aromatic heterocycles. The van der Waals surface area contributed by atoms with Crippen molar-refractivity contribution in [1.29, 1.82) is 0 Å². The molecule has 0 saturated heterocycles. The maximum atomic E-state index is 12.8. The lowest BCUT2D eigenvalue weighted by Crippen LogP contribution is -2.13. The highest BCUT2D eigenvalue weighted by molar-refractivity contribution is 5.96. The Bertz CT molecular complexity index is 736. The van der Waals surface area contributed by atoms with Gasteiger partial charge < -0.3 is 0 Å². The van der Waals surface area contributed by atoms with E-state index in [9.17, 15) is 13.2 Å². The van der Waals surface area contributed by atoms with Crippen molar-refractivity contribution < 1.29 is 13.2 Å². The molecule has 0 fully saturated rings. The quantitative estimate of drug-likeness (QED) is 0.757. The molecule has 1 heterocycles. The highest BCUT2D eigenvalue weighted by Crippen LogP contribution is 2.32. The molecule has 0 amide bonds. The normalized spacial score (nSPS) is 15.3. The summed E-state index contributed by atoms with van der Waals surface area (Å²) in [6, 6.07) is 14.7. The predicted octanol–water partition coefficient (Wildman–Crippen LogP) is 4.35. The molecule has 0 spiro atoms. The monoisotopic (exact) mass is 317 g/mol. The lowest BCUT2D eigenvalue weighted by Gasteiger charge is -2.15. The van der Waals surface area contributed by atoms with Crippen LogP contribution in [-0.4, -0.2) is 18.6 Å². The largest absolute Gasteiger partial charge is 0.416 e. The molecule has 0 bridgehead atoms. The molecule has 0 radical (unpaired) electrons. The summed E-state index contributed by atoms with van der Waals surface area (Å²) in [4.78, 5) is 4.30. The van der Waals surface area contributed by atoms with Gasteiger partial charge in [0, 0.05) is 19.2 Å². The van der Waals surface area contributed by atoms with E-state index < -0.39 is 11.7 Å². The first kappa shape index (κ1) is 15.3. The van der Waals surface area contributed by atoms with Gasteiger partial charge in [-0.1, -0.05) is 36.4 Å². The average Bonchev–Trinajstić information content (AvgIpc) is 3.02. The Morgan fingerprint density at radius 3 is 2.57 bits per heavy atom. The first-order valence-electron chi connectivity index (χ1n) is 7.14. The fourth-order valence-electron chi connectivity index (χ4n) is 2.25.